The second kappa shape index (κ2) is 24.9. The Morgan fingerprint density at radius 3 is 1.07 bits per heavy atom. The molecule has 276 valence electrons. The number of aryl methyl sites for hydroxylation is 1. The molecule has 0 aliphatic heterocycles. The van der Waals surface area contributed by atoms with Gasteiger partial charge in [0.25, 0.3) is 0 Å². The smallest absolute Gasteiger partial charge is 0.0232 e. The first kappa shape index (κ1) is 44.1. The molecule has 4 heteroatoms. The summed E-state index contributed by atoms with van der Waals surface area (Å²) in [5, 5.41) is 0. The van der Waals surface area contributed by atoms with Crippen molar-refractivity contribution < 1.29 is 0 Å². The zero-order valence-electron chi connectivity index (χ0n) is 30.5. The first-order chi connectivity index (χ1) is 25.9. The third kappa shape index (κ3) is 16.4. The van der Waals surface area contributed by atoms with Crippen molar-refractivity contribution >= 4 is 72.2 Å². The minimum absolute atomic E-state index is 0. The van der Waals surface area contributed by atoms with Crippen molar-refractivity contribution in [3.63, 3.8) is 0 Å². The summed E-state index contributed by atoms with van der Waals surface area (Å²) in [6.45, 7) is 17.2. The van der Waals surface area contributed by atoms with Crippen LogP contribution in [0.25, 0.3) is 24.3 Å². The van der Waals surface area contributed by atoms with Crippen LogP contribution < -0.4 is 0 Å². The number of thioether (sulfide) groups is 3. The van der Waals surface area contributed by atoms with Crippen LogP contribution in [0.15, 0.2) is 187 Å². The first-order valence-electron chi connectivity index (χ1n) is 17.4. The van der Waals surface area contributed by atoms with E-state index in [0.717, 1.165) is 27.9 Å². The van der Waals surface area contributed by atoms with Crippen LogP contribution in [0.2, 0.25) is 0 Å². The van der Waals surface area contributed by atoms with Gasteiger partial charge in [0.05, 0.1) is 0 Å². The standard InChI is InChI=1S/C24H22S2.C18H18S.C7H8S.CH4/c1-3-19-8-12-21(13-9-19)17-25-23-6-5-7-24(16-23)26-18-22-14-10-20(4-2)11-15-22;1-3-15-5-9-17(10-6-15)13-19-14-18-11-7-16(4-2)8-12-18;1-6-3-2-4-7(8)5-6;/h3-16H,1-2,17-18H2;3-12H,1-2,13-14H2;2-5,8H,1H3;1H4. The highest BCUT2D eigenvalue weighted by Gasteiger charge is 2.02. The van der Waals surface area contributed by atoms with Crippen molar-refractivity contribution in [2.24, 2.45) is 0 Å². The number of hydrogen-bond acceptors (Lipinski definition) is 4. The highest BCUT2D eigenvalue weighted by molar-refractivity contribution is 7.99. The normalized spacial score (nSPS) is 9.96. The Morgan fingerprint density at radius 1 is 0.444 bits per heavy atom. The molecule has 0 aliphatic carbocycles. The molecule has 0 saturated carbocycles. The van der Waals surface area contributed by atoms with Gasteiger partial charge >= 0.3 is 0 Å². The van der Waals surface area contributed by atoms with Gasteiger partial charge in [-0.3, -0.25) is 0 Å². The Balaban J connectivity index is 0.000000244. The first-order valence-corrected chi connectivity index (χ1v) is 21.0. The van der Waals surface area contributed by atoms with Gasteiger partial charge in [0.2, 0.25) is 0 Å². The molecule has 0 radical (unpaired) electrons. The summed E-state index contributed by atoms with van der Waals surface area (Å²) in [7, 11) is 0. The van der Waals surface area contributed by atoms with Crippen LogP contribution in [0.3, 0.4) is 0 Å². The molecular formula is C50H52S4. The predicted molar refractivity (Wildman–Crippen MR) is 252 cm³/mol. The van der Waals surface area contributed by atoms with Crippen LogP contribution >= 0.6 is 47.9 Å². The molecule has 0 spiro atoms. The van der Waals surface area contributed by atoms with Gasteiger partial charge in [0, 0.05) is 37.7 Å². The Kier molecular flexibility index (Phi) is 20.3. The highest BCUT2D eigenvalue weighted by atomic mass is 32.2. The number of benzene rings is 6. The average Bonchev–Trinajstić information content (AvgIpc) is 3.21. The van der Waals surface area contributed by atoms with E-state index in [2.05, 4.69) is 173 Å². The van der Waals surface area contributed by atoms with Crippen LogP contribution in [-0.4, -0.2) is 0 Å². The number of thiol groups is 1. The summed E-state index contributed by atoms with van der Waals surface area (Å²) in [5.41, 5.74) is 11.3. The Labute approximate surface area is 344 Å². The van der Waals surface area contributed by atoms with Gasteiger partial charge in [-0.15, -0.1) is 36.2 Å². The van der Waals surface area contributed by atoms with E-state index < -0.39 is 0 Å². The lowest BCUT2D eigenvalue weighted by Crippen LogP contribution is -1.84. The van der Waals surface area contributed by atoms with Gasteiger partial charge in [-0.1, -0.05) is 179 Å². The van der Waals surface area contributed by atoms with Crippen molar-refractivity contribution in [3.05, 3.63) is 222 Å². The van der Waals surface area contributed by atoms with E-state index in [1.54, 1.807) is 0 Å². The van der Waals surface area contributed by atoms with Crippen molar-refractivity contribution in [3.8, 4) is 0 Å². The summed E-state index contributed by atoms with van der Waals surface area (Å²) >= 11 is 9.84. The molecule has 0 fully saturated rings. The highest BCUT2D eigenvalue weighted by Crippen LogP contribution is 2.29. The van der Waals surface area contributed by atoms with Crippen LogP contribution in [0, 0.1) is 6.92 Å². The third-order valence-corrected chi connectivity index (χ3v) is 11.5. The molecule has 0 N–H and O–H groups in total. The minimum atomic E-state index is 0. The monoisotopic (exact) mass is 780 g/mol. The molecule has 54 heavy (non-hydrogen) atoms. The lowest BCUT2D eigenvalue weighted by atomic mass is 10.1. The molecule has 0 amide bonds. The molecule has 0 saturated heterocycles. The molecule has 6 aromatic rings. The molecule has 0 heterocycles. The lowest BCUT2D eigenvalue weighted by Gasteiger charge is -2.06. The SMILES string of the molecule is C.C=Cc1ccc(CSCc2ccc(C=C)cc2)cc1.C=Cc1ccc(CSc2cccc(SCc3ccc(C=C)cc3)c2)cc1.Cc1cccc(S)c1. The van der Waals surface area contributed by atoms with Gasteiger partial charge in [-0.05, 0) is 81.8 Å². The van der Waals surface area contributed by atoms with Gasteiger partial charge in [0.1, 0.15) is 0 Å². The molecule has 6 aromatic carbocycles. The summed E-state index contributed by atoms with van der Waals surface area (Å²) in [6, 6.07) is 51.2. The topological polar surface area (TPSA) is 0 Å². The van der Waals surface area contributed by atoms with Gasteiger partial charge in [0.15, 0.2) is 0 Å². The summed E-state index contributed by atoms with van der Waals surface area (Å²) in [6.07, 6.45) is 7.50. The van der Waals surface area contributed by atoms with E-state index in [1.165, 1.54) is 59.9 Å². The van der Waals surface area contributed by atoms with E-state index >= 15 is 0 Å². The number of hydrogen-bond donors (Lipinski definition) is 1. The van der Waals surface area contributed by atoms with Gasteiger partial charge in [-0.2, -0.15) is 11.8 Å². The fraction of sp³-hybridized carbons (Fsp3) is 0.120. The van der Waals surface area contributed by atoms with Crippen molar-refractivity contribution in [1.82, 2.24) is 0 Å². The van der Waals surface area contributed by atoms with E-state index in [4.69, 9.17) is 0 Å². The minimum Gasteiger partial charge on any atom is -0.152 e. The molecule has 0 atom stereocenters. The molecule has 0 bridgehead atoms. The molecule has 6 rings (SSSR count). The summed E-state index contributed by atoms with van der Waals surface area (Å²) in [5.74, 6) is 4.05. The van der Waals surface area contributed by atoms with Crippen LogP contribution in [0.4, 0.5) is 0 Å². The van der Waals surface area contributed by atoms with E-state index in [-0.39, 0.29) is 7.43 Å². The lowest BCUT2D eigenvalue weighted by molar-refractivity contribution is 1.30. The Bertz CT molecular complexity index is 1870. The average molecular weight is 781 g/mol. The molecule has 0 aliphatic rings. The van der Waals surface area contributed by atoms with E-state index in [0.29, 0.717) is 0 Å². The van der Waals surface area contributed by atoms with Gasteiger partial charge < -0.3 is 0 Å². The maximum atomic E-state index is 4.15. The molecular weight excluding hydrogens is 729 g/mol. The van der Waals surface area contributed by atoms with Gasteiger partial charge in [-0.25, -0.2) is 0 Å². The largest absolute Gasteiger partial charge is 0.152 e. The summed E-state index contributed by atoms with van der Waals surface area (Å²) < 4.78 is 0. The van der Waals surface area contributed by atoms with Crippen LogP contribution in [0.5, 0.6) is 0 Å². The van der Waals surface area contributed by atoms with Crippen molar-refractivity contribution in [2.75, 3.05) is 0 Å². The Hall–Kier alpha value is -4.32. The zero-order chi connectivity index (χ0) is 37.7. The van der Waals surface area contributed by atoms with Crippen LogP contribution in [-0.2, 0) is 23.0 Å². The maximum Gasteiger partial charge on any atom is 0.0232 e. The quantitative estimate of drug-likeness (QED) is 0.0864. The van der Waals surface area contributed by atoms with E-state index in [9.17, 15) is 0 Å². The molecule has 0 unspecified atom stereocenters. The zero-order valence-corrected chi connectivity index (χ0v) is 33.8. The number of rotatable bonds is 14. The second-order valence-corrected chi connectivity index (χ2v) is 15.8. The predicted octanol–water partition coefficient (Wildman–Crippen LogP) is 15.9. The van der Waals surface area contributed by atoms with Crippen molar-refractivity contribution in [2.45, 2.75) is 52.0 Å². The van der Waals surface area contributed by atoms with E-state index in [1.807, 2.05) is 77.8 Å². The fourth-order valence-electron chi connectivity index (χ4n) is 4.90. The summed E-state index contributed by atoms with van der Waals surface area (Å²) in [4.78, 5) is 3.65. The third-order valence-electron chi connectivity index (χ3n) is 8.02. The van der Waals surface area contributed by atoms with Crippen LogP contribution in [0.1, 0.15) is 57.5 Å². The molecule has 0 aromatic heterocycles. The second-order valence-electron chi connectivity index (χ2n) is 12.2. The molecule has 0 nitrogen and oxygen atoms in total. The fourth-order valence-corrected chi connectivity index (χ4v) is 8.05. The van der Waals surface area contributed by atoms with Crippen molar-refractivity contribution in [1.29, 1.82) is 0 Å². The maximum absolute atomic E-state index is 4.15. The Morgan fingerprint density at radius 2 is 0.778 bits per heavy atom.